The SMILES string of the molecule is Cc1cccc2c1N(Cc1nc(Cl)ccc1Cl)C(=O)C2=O. The van der Waals surface area contributed by atoms with Crippen LogP contribution in [0.3, 0.4) is 0 Å². The lowest BCUT2D eigenvalue weighted by atomic mass is 10.1. The Labute approximate surface area is 131 Å². The van der Waals surface area contributed by atoms with Crippen molar-refractivity contribution in [2.24, 2.45) is 0 Å². The fourth-order valence-corrected chi connectivity index (χ4v) is 2.74. The van der Waals surface area contributed by atoms with Crippen LogP contribution in [0.25, 0.3) is 0 Å². The summed E-state index contributed by atoms with van der Waals surface area (Å²) in [6, 6.07) is 8.45. The number of para-hydroxylation sites is 1. The molecule has 0 fully saturated rings. The number of carbonyl (C=O) groups excluding carboxylic acids is 2. The van der Waals surface area contributed by atoms with Crippen molar-refractivity contribution < 1.29 is 9.59 Å². The van der Waals surface area contributed by atoms with Gasteiger partial charge in [-0.15, -0.1) is 0 Å². The van der Waals surface area contributed by atoms with Crippen molar-refractivity contribution in [3.05, 3.63) is 57.3 Å². The molecule has 2 aromatic rings. The summed E-state index contributed by atoms with van der Waals surface area (Å²) in [6.45, 7) is 1.96. The number of benzene rings is 1. The standard InChI is InChI=1S/C15H10Cl2N2O2/c1-8-3-2-4-9-13(8)19(15(21)14(9)20)7-11-10(16)5-6-12(17)18-11/h2-6H,7H2,1H3. The van der Waals surface area contributed by atoms with Gasteiger partial charge in [0.15, 0.2) is 0 Å². The molecule has 0 atom stereocenters. The Morgan fingerprint density at radius 1 is 1.14 bits per heavy atom. The van der Waals surface area contributed by atoms with Gasteiger partial charge in [-0.1, -0.05) is 35.3 Å². The maximum Gasteiger partial charge on any atom is 0.299 e. The van der Waals surface area contributed by atoms with Crippen molar-refractivity contribution in [1.82, 2.24) is 4.98 Å². The van der Waals surface area contributed by atoms with Crippen LogP contribution in [0.2, 0.25) is 10.2 Å². The van der Waals surface area contributed by atoms with E-state index < -0.39 is 11.7 Å². The number of hydrogen-bond acceptors (Lipinski definition) is 3. The molecule has 0 unspecified atom stereocenters. The van der Waals surface area contributed by atoms with E-state index >= 15 is 0 Å². The number of amides is 1. The Bertz CT molecular complexity index is 774. The van der Waals surface area contributed by atoms with Crippen molar-refractivity contribution >= 4 is 40.6 Å². The molecular weight excluding hydrogens is 311 g/mol. The summed E-state index contributed by atoms with van der Waals surface area (Å²) in [5.74, 6) is -1.08. The molecular formula is C15H10Cl2N2O2. The van der Waals surface area contributed by atoms with Crippen LogP contribution in [0.15, 0.2) is 30.3 Å². The van der Waals surface area contributed by atoms with Crippen molar-refractivity contribution in [2.45, 2.75) is 13.5 Å². The zero-order valence-electron chi connectivity index (χ0n) is 11.1. The fraction of sp³-hybridized carbons (Fsp3) is 0.133. The van der Waals surface area contributed by atoms with Gasteiger partial charge in [0.05, 0.1) is 28.5 Å². The van der Waals surface area contributed by atoms with Gasteiger partial charge in [0, 0.05) is 0 Å². The number of anilines is 1. The van der Waals surface area contributed by atoms with Crippen LogP contribution >= 0.6 is 23.2 Å². The molecule has 0 spiro atoms. The Morgan fingerprint density at radius 3 is 2.67 bits per heavy atom. The highest BCUT2D eigenvalue weighted by Crippen LogP contribution is 2.34. The first kappa shape index (κ1) is 14.0. The van der Waals surface area contributed by atoms with E-state index in [1.807, 2.05) is 13.0 Å². The predicted octanol–water partition coefficient (Wildman–Crippen LogP) is 3.43. The molecule has 0 saturated carbocycles. The number of fused-ring (bicyclic) bond motifs is 1. The first-order valence-corrected chi connectivity index (χ1v) is 7.01. The molecule has 2 heterocycles. The smallest absolute Gasteiger partial charge is 0.298 e. The van der Waals surface area contributed by atoms with E-state index in [1.165, 1.54) is 4.90 Å². The number of Topliss-reactive ketones (excluding diaryl/α,β-unsaturated/α-hetero) is 1. The number of ketones is 1. The molecule has 1 aromatic heterocycles. The number of rotatable bonds is 2. The Balaban J connectivity index is 2.06. The number of aromatic nitrogens is 1. The summed E-state index contributed by atoms with van der Waals surface area (Å²) in [6.07, 6.45) is 0. The van der Waals surface area contributed by atoms with Crippen LogP contribution < -0.4 is 4.90 Å². The first-order valence-electron chi connectivity index (χ1n) is 6.26. The Kier molecular flexibility index (Phi) is 3.43. The second-order valence-corrected chi connectivity index (χ2v) is 5.55. The summed E-state index contributed by atoms with van der Waals surface area (Å²) in [5, 5.41) is 0.694. The van der Waals surface area contributed by atoms with Gasteiger partial charge in [-0.05, 0) is 30.7 Å². The van der Waals surface area contributed by atoms with Gasteiger partial charge in [-0.2, -0.15) is 0 Å². The van der Waals surface area contributed by atoms with Gasteiger partial charge in [0.1, 0.15) is 5.15 Å². The van der Waals surface area contributed by atoms with Crippen LogP contribution in [-0.2, 0) is 11.3 Å². The lowest BCUT2D eigenvalue weighted by Gasteiger charge is -2.18. The monoisotopic (exact) mass is 320 g/mol. The summed E-state index contributed by atoms with van der Waals surface area (Å²) in [5.41, 5.74) is 2.34. The van der Waals surface area contributed by atoms with Gasteiger partial charge in [-0.3, -0.25) is 14.5 Å². The van der Waals surface area contributed by atoms with E-state index in [0.717, 1.165) is 5.56 Å². The molecule has 0 radical (unpaired) electrons. The Morgan fingerprint density at radius 2 is 1.90 bits per heavy atom. The molecule has 1 aliphatic rings. The molecule has 1 amide bonds. The third-order valence-electron chi connectivity index (χ3n) is 3.38. The van der Waals surface area contributed by atoms with Gasteiger partial charge >= 0.3 is 0 Å². The van der Waals surface area contributed by atoms with E-state index in [1.54, 1.807) is 24.3 Å². The number of carbonyl (C=O) groups is 2. The molecule has 0 saturated heterocycles. The molecule has 1 aromatic carbocycles. The summed E-state index contributed by atoms with van der Waals surface area (Å²) < 4.78 is 0. The molecule has 106 valence electrons. The maximum absolute atomic E-state index is 12.2. The molecule has 21 heavy (non-hydrogen) atoms. The van der Waals surface area contributed by atoms with Crippen LogP contribution in [0, 0.1) is 6.92 Å². The normalized spacial score (nSPS) is 13.8. The van der Waals surface area contributed by atoms with Gasteiger partial charge < -0.3 is 0 Å². The van der Waals surface area contributed by atoms with Crippen molar-refractivity contribution in [2.75, 3.05) is 4.90 Å². The van der Waals surface area contributed by atoms with Crippen LogP contribution in [0.5, 0.6) is 0 Å². The van der Waals surface area contributed by atoms with E-state index in [4.69, 9.17) is 23.2 Å². The van der Waals surface area contributed by atoms with E-state index in [-0.39, 0.29) is 11.7 Å². The second kappa shape index (κ2) is 5.13. The van der Waals surface area contributed by atoms with Crippen molar-refractivity contribution in [3.63, 3.8) is 0 Å². The number of nitrogens with zero attached hydrogens (tertiary/aromatic N) is 2. The second-order valence-electron chi connectivity index (χ2n) is 4.75. The fourth-order valence-electron chi connectivity index (χ4n) is 2.41. The lowest BCUT2D eigenvalue weighted by molar-refractivity contribution is -0.114. The van der Waals surface area contributed by atoms with E-state index in [9.17, 15) is 9.59 Å². The summed E-state index contributed by atoms with van der Waals surface area (Å²) in [4.78, 5) is 29.7. The third-order valence-corrected chi connectivity index (χ3v) is 3.94. The maximum atomic E-state index is 12.2. The minimum atomic E-state index is -0.572. The highest BCUT2D eigenvalue weighted by molar-refractivity contribution is 6.52. The minimum Gasteiger partial charge on any atom is -0.298 e. The average molecular weight is 321 g/mol. The summed E-state index contributed by atoms with van der Waals surface area (Å²) in [7, 11) is 0. The van der Waals surface area contributed by atoms with Crippen LogP contribution in [-0.4, -0.2) is 16.7 Å². The number of hydrogen-bond donors (Lipinski definition) is 0. The highest BCUT2D eigenvalue weighted by Gasteiger charge is 2.37. The largest absolute Gasteiger partial charge is 0.299 e. The number of aryl methyl sites for hydroxylation is 1. The van der Waals surface area contributed by atoms with E-state index in [0.29, 0.717) is 22.0 Å². The highest BCUT2D eigenvalue weighted by atomic mass is 35.5. The molecule has 4 nitrogen and oxygen atoms in total. The quantitative estimate of drug-likeness (QED) is 0.629. The minimum absolute atomic E-state index is 0.113. The lowest BCUT2D eigenvalue weighted by Crippen LogP contribution is -2.30. The van der Waals surface area contributed by atoms with Gasteiger partial charge in [0.25, 0.3) is 11.7 Å². The average Bonchev–Trinajstić information content (AvgIpc) is 2.69. The predicted molar refractivity (Wildman–Crippen MR) is 81.0 cm³/mol. The molecule has 6 heteroatoms. The first-order chi connectivity index (χ1) is 9.99. The third kappa shape index (κ3) is 2.30. The van der Waals surface area contributed by atoms with Crippen molar-refractivity contribution in [3.8, 4) is 0 Å². The Hall–Kier alpha value is -1.91. The van der Waals surface area contributed by atoms with Gasteiger partial charge in [0.2, 0.25) is 0 Å². The zero-order chi connectivity index (χ0) is 15.1. The van der Waals surface area contributed by atoms with E-state index in [2.05, 4.69) is 4.98 Å². The number of halogens is 2. The van der Waals surface area contributed by atoms with Crippen molar-refractivity contribution in [1.29, 1.82) is 0 Å². The van der Waals surface area contributed by atoms with Crippen LogP contribution in [0.1, 0.15) is 21.6 Å². The summed E-state index contributed by atoms with van der Waals surface area (Å²) >= 11 is 11.9. The number of pyridine rings is 1. The molecule has 0 aliphatic carbocycles. The zero-order valence-corrected chi connectivity index (χ0v) is 12.6. The molecule has 3 rings (SSSR count). The topological polar surface area (TPSA) is 50.3 Å². The molecule has 0 N–H and O–H groups in total. The molecule has 1 aliphatic heterocycles. The van der Waals surface area contributed by atoms with Gasteiger partial charge in [-0.25, -0.2) is 4.98 Å². The van der Waals surface area contributed by atoms with Crippen LogP contribution in [0.4, 0.5) is 5.69 Å². The molecule has 0 bridgehead atoms.